The molecule has 1 saturated heterocycles. The Morgan fingerprint density at radius 2 is 1.50 bits per heavy atom. The predicted molar refractivity (Wildman–Crippen MR) is 96.8 cm³/mol. The molecule has 0 bridgehead atoms. The third-order valence-corrected chi connectivity index (χ3v) is 5.16. The van der Waals surface area contributed by atoms with Gasteiger partial charge in [0.25, 0.3) is 0 Å². The molecule has 24 heavy (non-hydrogen) atoms. The zero-order chi connectivity index (χ0) is 16.9. The second-order valence-corrected chi connectivity index (χ2v) is 7.25. The molecule has 5 heteroatoms. The normalized spacial score (nSPS) is 19.1. The topological polar surface area (TPSA) is 36.3 Å². The van der Waals surface area contributed by atoms with E-state index in [-0.39, 0.29) is 11.2 Å². The van der Waals surface area contributed by atoms with E-state index in [9.17, 15) is 0 Å². The molecule has 0 atom stereocenters. The lowest BCUT2D eigenvalue weighted by molar-refractivity contribution is 0.00578. The molecule has 1 aromatic heterocycles. The van der Waals surface area contributed by atoms with E-state index < -0.39 is 7.12 Å². The van der Waals surface area contributed by atoms with Gasteiger partial charge in [-0.2, -0.15) is 0 Å². The van der Waals surface area contributed by atoms with Gasteiger partial charge in [-0.25, -0.2) is 4.98 Å². The monoisotopic (exact) mass is 320 g/mol. The number of nitrogens with zero attached hydrogens (tertiary/aromatic N) is 2. The second kappa shape index (κ2) is 5.20. The van der Waals surface area contributed by atoms with E-state index in [1.165, 1.54) is 0 Å². The minimum Gasteiger partial charge on any atom is -0.399 e. The number of hydrogen-bond acceptors (Lipinski definition) is 3. The van der Waals surface area contributed by atoms with Crippen molar-refractivity contribution in [1.82, 2.24) is 9.55 Å². The Balaban J connectivity index is 1.83. The Morgan fingerprint density at radius 3 is 2.25 bits per heavy atom. The highest BCUT2D eigenvalue weighted by Gasteiger charge is 2.52. The van der Waals surface area contributed by atoms with Crippen molar-refractivity contribution in [2.75, 3.05) is 0 Å². The van der Waals surface area contributed by atoms with Crippen LogP contribution in [-0.4, -0.2) is 27.9 Å². The molecule has 1 aliphatic heterocycles. The van der Waals surface area contributed by atoms with Crippen LogP contribution in [0.25, 0.3) is 16.7 Å². The second-order valence-electron chi connectivity index (χ2n) is 7.25. The summed E-state index contributed by atoms with van der Waals surface area (Å²) in [4.78, 5) is 4.50. The molecule has 0 spiro atoms. The number of hydrogen-bond donors (Lipinski definition) is 0. The van der Waals surface area contributed by atoms with Gasteiger partial charge in [0, 0.05) is 11.2 Å². The van der Waals surface area contributed by atoms with Crippen molar-refractivity contribution in [2.45, 2.75) is 38.9 Å². The van der Waals surface area contributed by atoms with Crippen LogP contribution in [0.2, 0.25) is 0 Å². The smallest absolute Gasteiger partial charge is 0.399 e. The Bertz CT molecular complexity index is 885. The highest BCUT2D eigenvalue weighted by atomic mass is 16.7. The van der Waals surface area contributed by atoms with Gasteiger partial charge in [0.15, 0.2) is 0 Å². The first kappa shape index (κ1) is 15.4. The van der Waals surface area contributed by atoms with Crippen LogP contribution in [-0.2, 0) is 9.31 Å². The minimum absolute atomic E-state index is 0.359. The summed E-state index contributed by atoms with van der Waals surface area (Å²) >= 11 is 0. The van der Waals surface area contributed by atoms with E-state index in [1.54, 1.807) is 0 Å². The molecule has 1 aliphatic rings. The van der Waals surface area contributed by atoms with Gasteiger partial charge in [-0.3, -0.25) is 4.57 Å². The van der Waals surface area contributed by atoms with E-state index in [4.69, 9.17) is 9.31 Å². The molecule has 122 valence electrons. The summed E-state index contributed by atoms with van der Waals surface area (Å²) in [6.07, 6.45) is 1.86. The van der Waals surface area contributed by atoms with Gasteiger partial charge in [-0.15, -0.1) is 0 Å². The third kappa shape index (κ3) is 2.27. The van der Waals surface area contributed by atoms with Gasteiger partial charge in [0.05, 0.1) is 22.2 Å². The van der Waals surface area contributed by atoms with Crippen LogP contribution in [0.5, 0.6) is 0 Å². The van der Waals surface area contributed by atoms with E-state index >= 15 is 0 Å². The molecule has 0 saturated carbocycles. The van der Waals surface area contributed by atoms with Crippen molar-refractivity contribution in [1.29, 1.82) is 0 Å². The lowest BCUT2D eigenvalue weighted by atomic mass is 9.77. The van der Waals surface area contributed by atoms with Gasteiger partial charge in [0.1, 0.15) is 6.33 Å². The van der Waals surface area contributed by atoms with E-state index in [1.807, 2.05) is 36.7 Å². The van der Waals surface area contributed by atoms with Crippen molar-refractivity contribution in [3.63, 3.8) is 0 Å². The Morgan fingerprint density at radius 1 is 0.875 bits per heavy atom. The van der Waals surface area contributed by atoms with Crippen LogP contribution in [0.3, 0.4) is 0 Å². The number of aromatic nitrogens is 2. The summed E-state index contributed by atoms with van der Waals surface area (Å²) in [7, 11) is -0.396. The average Bonchev–Trinajstić information content (AvgIpc) is 3.06. The van der Waals surface area contributed by atoms with Crippen molar-refractivity contribution in [3.05, 3.63) is 54.9 Å². The Labute approximate surface area is 142 Å². The third-order valence-electron chi connectivity index (χ3n) is 5.16. The zero-order valence-electron chi connectivity index (χ0n) is 14.5. The van der Waals surface area contributed by atoms with E-state index in [0.29, 0.717) is 0 Å². The van der Waals surface area contributed by atoms with Crippen molar-refractivity contribution in [3.8, 4) is 5.69 Å². The standard InChI is InChI=1S/C19H21BN2O2/c1-18(2)19(3,4)24-20(23-18)14-9-5-7-11-16(14)22-13-21-15-10-6-8-12-17(15)22/h5-13H,1-4H3. The number of para-hydroxylation sites is 3. The fourth-order valence-corrected chi connectivity index (χ4v) is 3.03. The molecular formula is C19H21BN2O2. The summed E-state index contributed by atoms with van der Waals surface area (Å²) < 4.78 is 14.6. The van der Waals surface area contributed by atoms with Crippen LogP contribution in [0.4, 0.5) is 0 Å². The predicted octanol–water partition coefficient (Wildman–Crippen LogP) is 3.32. The highest BCUT2D eigenvalue weighted by Crippen LogP contribution is 2.37. The maximum Gasteiger partial charge on any atom is 0.496 e. The maximum atomic E-state index is 6.24. The molecule has 1 fully saturated rings. The first-order valence-electron chi connectivity index (χ1n) is 8.26. The van der Waals surface area contributed by atoms with Crippen LogP contribution < -0.4 is 5.46 Å². The van der Waals surface area contributed by atoms with Crippen LogP contribution in [0.15, 0.2) is 54.9 Å². The Hall–Kier alpha value is -2.11. The lowest BCUT2D eigenvalue weighted by Gasteiger charge is -2.32. The van der Waals surface area contributed by atoms with Gasteiger partial charge in [0.2, 0.25) is 0 Å². The van der Waals surface area contributed by atoms with Crippen LogP contribution in [0.1, 0.15) is 27.7 Å². The number of fused-ring (bicyclic) bond motifs is 1. The zero-order valence-corrected chi connectivity index (χ0v) is 14.5. The van der Waals surface area contributed by atoms with Crippen LogP contribution in [0, 0.1) is 0 Å². The molecular weight excluding hydrogens is 299 g/mol. The van der Waals surface area contributed by atoms with Crippen molar-refractivity contribution < 1.29 is 9.31 Å². The molecule has 0 unspecified atom stereocenters. The van der Waals surface area contributed by atoms with Gasteiger partial charge in [-0.05, 0) is 45.9 Å². The van der Waals surface area contributed by atoms with Crippen molar-refractivity contribution in [2.24, 2.45) is 0 Å². The fraction of sp³-hybridized carbons (Fsp3) is 0.316. The number of benzene rings is 2. The minimum atomic E-state index is -0.396. The van der Waals surface area contributed by atoms with Gasteiger partial charge < -0.3 is 9.31 Å². The molecule has 0 radical (unpaired) electrons. The maximum absolute atomic E-state index is 6.24. The van der Waals surface area contributed by atoms with Crippen LogP contribution >= 0.6 is 0 Å². The highest BCUT2D eigenvalue weighted by molar-refractivity contribution is 6.63. The summed E-state index contributed by atoms with van der Waals surface area (Å²) in [5.74, 6) is 0. The van der Waals surface area contributed by atoms with E-state index in [2.05, 4.69) is 55.4 Å². The molecule has 2 aromatic carbocycles. The summed E-state index contributed by atoms with van der Waals surface area (Å²) in [5.41, 5.74) is 3.37. The first-order valence-corrected chi connectivity index (χ1v) is 8.26. The first-order chi connectivity index (χ1) is 11.4. The average molecular weight is 320 g/mol. The lowest BCUT2D eigenvalue weighted by Crippen LogP contribution is -2.41. The Kier molecular flexibility index (Phi) is 3.34. The summed E-state index contributed by atoms with van der Waals surface area (Å²) in [6.45, 7) is 8.29. The fourth-order valence-electron chi connectivity index (χ4n) is 3.03. The molecule has 0 N–H and O–H groups in total. The van der Waals surface area contributed by atoms with Crippen molar-refractivity contribution >= 4 is 23.6 Å². The molecule has 3 aromatic rings. The van der Waals surface area contributed by atoms with Gasteiger partial charge >= 0.3 is 7.12 Å². The SMILES string of the molecule is CC1(C)OB(c2ccccc2-n2cnc3ccccc32)OC1(C)C. The largest absolute Gasteiger partial charge is 0.496 e. The summed E-state index contributed by atoms with van der Waals surface area (Å²) in [5, 5.41) is 0. The molecule has 2 heterocycles. The molecule has 0 aliphatic carbocycles. The number of imidazole rings is 1. The molecule has 4 nitrogen and oxygen atoms in total. The molecule has 4 rings (SSSR count). The van der Waals surface area contributed by atoms with E-state index in [0.717, 1.165) is 22.2 Å². The molecule has 0 amide bonds. The van der Waals surface area contributed by atoms with Gasteiger partial charge in [-0.1, -0.05) is 30.3 Å². The summed E-state index contributed by atoms with van der Waals surface area (Å²) in [6, 6.07) is 16.3. The quantitative estimate of drug-likeness (QED) is 0.680. The number of rotatable bonds is 2.